The molecule has 0 aliphatic rings. The van der Waals surface area contributed by atoms with E-state index in [4.69, 9.17) is 19.4 Å². The molecule has 3 nitrogen and oxygen atoms in total. The Labute approximate surface area is 75.9 Å². The third-order valence-corrected chi connectivity index (χ3v) is 1.83. The molecule has 1 aromatic carbocycles. The average molecular weight is 181 g/mol. The Balaban J connectivity index is 3.13. The monoisotopic (exact) mass is 181 g/mol. The maximum absolute atomic E-state index is 10.3. The SMILES string of the molecule is [B]Cc1cc([N+](=O)[O-])ccc1Cl. The minimum Gasteiger partial charge on any atom is -0.258 e. The van der Waals surface area contributed by atoms with E-state index in [-0.39, 0.29) is 12.0 Å². The lowest BCUT2D eigenvalue weighted by molar-refractivity contribution is -0.384. The molecule has 0 fully saturated rings. The lowest BCUT2D eigenvalue weighted by Gasteiger charge is -1.99. The summed E-state index contributed by atoms with van der Waals surface area (Å²) in [5.41, 5.74) is 0.603. The first-order chi connectivity index (χ1) is 5.65. The van der Waals surface area contributed by atoms with Crippen LogP contribution in [-0.4, -0.2) is 12.8 Å². The van der Waals surface area contributed by atoms with Gasteiger partial charge >= 0.3 is 0 Å². The predicted octanol–water partition coefficient (Wildman–Crippen LogP) is 1.92. The zero-order valence-electron chi connectivity index (χ0n) is 6.16. The van der Waals surface area contributed by atoms with Gasteiger partial charge in [-0.2, -0.15) is 0 Å². The van der Waals surface area contributed by atoms with Crippen molar-refractivity contribution in [2.45, 2.75) is 6.32 Å². The van der Waals surface area contributed by atoms with Gasteiger partial charge in [0.25, 0.3) is 5.69 Å². The number of hydrogen-bond donors (Lipinski definition) is 0. The van der Waals surface area contributed by atoms with Crippen LogP contribution in [0, 0.1) is 10.1 Å². The normalized spacial score (nSPS) is 9.75. The number of hydrogen-bond acceptors (Lipinski definition) is 2. The second kappa shape index (κ2) is 3.58. The molecule has 60 valence electrons. The molecule has 0 aliphatic heterocycles. The third-order valence-electron chi connectivity index (χ3n) is 1.46. The van der Waals surface area contributed by atoms with Crippen LogP contribution in [0.4, 0.5) is 5.69 Å². The molecule has 0 amide bonds. The summed E-state index contributed by atoms with van der Waals surface area (Å²) in [6.45, 7) is 0. The van der Waals surface area contributed by atoms with E-state index in [0.717, 1.165) is 0 Å². The van der Waals surface area contributed by atoms with E-state index in [1.165, 1.54) is 18.2 Å². The molecule has 0 bridgehead atoms. The van der Waals surface area contributed by atoms with Gasteiger partial charge in [0.15, 0.2) is 0 Å². The highest BCUT2D eigenvalue weighted by Gasteiger charge is 2.07. The van der Waals surface area contributed by atoms with Crippen LogP contribution < -0.4 is 0 Å². The molecule has 1 aromatic rings. The summed E-state index contributed by atoms with van der Waals surface area (Å²) >= 11 is 5.70. The molecule has 0 unspecified atom stereocenters. The zero-order valence-corrected chi connectivity index (χ0v) is 6.91. The molecule has 0 spiro atoms. The Kier molecular flexibility index (Phi) is 2.71. The van der Waals surface area contributed by atoms with Gasteiger partial charge in [-0.1, -0.05) is 17.9 Å². The lowest BCUT2D eigenvalue weighted by Crippen LogP contribution is -1.91. The van der Waals surface area contributed by atoms with Crippen molar-refractivity contribution in [3.05, 3.63) is 38.9 Å². The van der Waals surface area contributed by atoms with Gasteiger partial charge in [-0.15, -0.1) is 0 Å². The molecular formula is C7H5BClNO2. The molecule has 1 rings (SSSR count). The smallest absolute Gasteiger partial charge is 0.258 e. The van der Waals surface area contributed by atoms with Crippen LogP contribution in [0.5, 0.6) is 0 Å². The van der Waals surface area contributed by atoms with Crippen molar-refractivity contribution < 1.29 is 4.92 Å². The third kappa shape index (κ3) is 1.77. The summed E-state index contributed by atoms with van der Waals surface area (Å²) in [5.74, 6) is 0. The molecule has 2 radical (unpaired) electrons. The van der Waals surface area contributed by atoms with E-state index in [2.05, 4.69) is 0 Å². The Morgan fingerprint density at radius 3 is 2.75 bits per heavy atom. The Morgan fingerprint density at radius 2 is 2.25 bits per heavy atom. The molecule has 5 heteroatoms. The zero-order chi connectivity index (χ0) is 9.14. The van der Waals surface area contributed by atoms with E-state index < -0.39 is 4.92 Å². The summed E-state index contributed by atoms with van der Waals surface area (Å²) in [4.78, 5) is 9.83. The van der Waals surface area contributed by atoms with Crippen molar-refractivity contribution in [2.75, 3.05) is 0 Å². The number of nitro groups is 1. The van der Waals surface area contributed by atoms with Gasteiger partial charge in [0.2, 0.25) is 0 Å². The van der Waals surface area contributed by atoms with E-state index in [9.17, 15) is 10.1 Å². The van der Waals surface area contributed by atoms with E-state index >= 15 is 0 Å². The second-order valence-corrected chi connectivity index (χ2v) is 2.64. The lowest BCUT2D eigenvalue weighted by atomic mass is 9.97. The molecular weight excluding hydrogens is 176 g/mol. The quantitative estimate of drug-likeness (QED) is 0.397. The Morgan fingerprint density at radius 1 is 1.58 bits per heavy atom. The van der Waals surface area contributed by atoms with Crippen LogP contribution in [0.2, 0.25) is 5.02 Å². The van der Waals surface area contributed by atoms with Gasteiger partial charge in [0.1, 0.15) is 0 Å². The van der Waals surface area contributed by atoms with Crippen molar-refractivity contribution in [1.29, 1.82) is 0 Å². The van der Waals surface area contributed by atoms with Crippen LogP contribution in [0.15, 0.2) is 18.2 Å². The fourth-order valence-corrected chi connectivity index (χ4v) is 1.03. The molecule has 0 aliphatic carbocycles. The summed E-state index contributed by atoms with van der Waals surface area (Å²) < 4.78 is 0. The number of non-ortho nitro benzene ring substituents is 1. The predicted molar refractivity (Wildman–Crippen MR) is 47.6 cm³/mol. The summed E-state index contributed by atoms with van der Waals surface area (Å²) in [5, 5.41) is 10.8. The van der Waals surface area contributed by atoms with Crippen LogP contribution in [-0.2, 0) is 6.32 Å². The highest BCUT2D eigenvalue weighted by Crippen LogP contribution is 2.21. The Hall–Kier alpha value is -1.03. The average Bonchev–Trinajstić information content (AvgIpc) is 2.05. The van der Waals surface area contributed by atoms with E-state index in [1.807, 2.05) is 0 Å². The number of nitro benzene ring substituents is 1. The van der Waals surface area contributed by atoms with Crippen molar-refractivity contribution in [3.63, 3.8) is 0 Å². The highest BCUT2D eigenvalue weighted by molar-refractivity contribution is 6.32. The molecule has 0 aromatic heterocycles. The summed E-state index contributed by atoms with van der Waals surface area (Å²) in [7, 11) is 5.31. The molecule has 0 atom stereocenters. The van der Waals surface area contributed by atoms with Crippen molar-refractivity contribution in [1.82, 2.24) is 0 Å². The van der Waals surface area contributed by atoms with Gasteiger partial charge in [-0.25, -0.2) is 0 Å². The van der Waals surface area contributed by atoms with Gasteiger partial charge in [0.05, 0.1) is 12.8 Å². The first-order valence-corrected chi connectivity index (χ1v) is 3.66. The van der Waals surface area contributed by atoms with Gasteiger partial charge in [-0.05, 0) is 11.6 Å². The fraction of sp³-hybridized carbons (Fsp3) is 0.143. The van der Waals surface area contributed by atoms with Crippen molar-refractivity contribution in [2.24, 2.45) is 0 Å². The van der Waals surface area contributed by atoms with Crippen LogP contribution in [0.25, 0.3) is 0 Å². The maximum atomic E-state index is 10.3. The standard InChI is InChI=1S/C7H5BClNO2/c8-4-5-3-6(10(11)12)1-2-7(5)9/h1-3H,4H2. The van der Waals surface area contributed by atoms with E-state index in [0.29, 0.717) is 10.6 Å². The molecule has 0 saturated carbocycles. The fourth-order valence-electron chi connectivity index (χ4n) is 0.831. The van der Waals surface area contributed by atoms with Gasteiger partial charge in [-0.3, -0.25) is 10.1 Å². The Bertz CT molecular complexity index is 316. The van der Waals surface area contributed by atoms with Crippen LogP contribution in [0.1, 0.15) is 5.56 Å². The second-order valence-electron chi connectivity index (χ2n) is 2.24. The topological polar surface area (TPSA) is 43.1 Å². The van der Waals surface area contributed by atoms with Crippen molar-refractivity contribution in [3.8, 4) is 0 Å². The van der Waals surface area contributed by atoms with Crippen molar-refractivity contribution >= 4 is 25.1 Å². The first kappa shape index (κ1) is 9.07. The van der Waals surface area contributed by atoms with Gasteiger partial charge in [0, 0.05) is 17.2 Å². The number of halogens is 1. The number of nitrogens with zero attached hydrogens (tertiary/aromatic N) is 1. The highest BCUT2D eigenvalue weighted by atomic mass is 35.5. The largest absolute Gasteiger partial charge is 0.269 e. The minimum atomic E-state index is -0.477. The van der Waals surface area contributed by atoms with Crippen LogP contribution >= 0.6 is 11.6 Å². The van der Waals surface area contributed by atoms with E-state index in [1.54, 1.807) is 0 Å². The molecule has 0 heterocycles. The summed E-state index contributed by atoms with van der Waals surface area (Å²) in [6.07, 6.45) is 0.209. The molecule has 0 saturated heterocycles. The van der Waals surface area contributed by atoms with Crippen LogP contribution in [0.3, 0.4) is 0 Å². The number of benzene rings is 1. The maximum Gasteiger partial charge on any atom is 0.269 e. The number of rotatable bonds is 2. The first-order valence-electron chi connectivity index (χ1n) is 3.28. The molecule has 12 heavy (non-hydrogen) atoms. The minimum absolute atomic E-state index is 0.0138. The molecule has 0 N–H and O–H groups in total. The van der Waals surface area contributed by atoms with Gasteiger partial charge < -0.3 is 0 Å². The summed E-state index contributed by atoms with van der Waals surface area (Å²) in [6, 6.07) is 4.20.